The molecule has 2 aromatic heterocycles. The molecule has 3 aromatic carbocycles. The summed E-state index contributed by atoms with van der Waals surface area (Å²) in [6.07, 6.45) is 2.68. The summed E-state index contributed by atoms with van der Waals surface area (Å²) < 4.78 is 41.8. The Hall–Kier alpha value is -4.19. The molecule has 4 N–H and O–H groups in total. The number of aromatic nitrogens is 4. The second kappa shape index (κ2) is 8.55. The van der Waals surface area contributed by atoms with Crippen molar-refractivity contribution in [3.8, 4) is 22.5 Å². The number of fused-ring (bicyclic) bond motifs is 1. The molecule has 0 unspecified atom stereocenters. The summed E-state index contributed by atoms with van der Waals surface area (Å²) in [5.74, 6) is -0.744. The normalized spacial score (nSPS) is 11.7. The molecule has 176 valence electrons. The Bertz CT molecular complexity index is 1760. The lowest BCUT2D eigenvalue weighted by molar-refractivity contribution is 0.598. The number of imidazole rings is 1. The molecule has 35 heavy (non-hydrogen) atoms. The van der Waals surface area contributed by atoms with Gasteiger partial charge in [-0.1, -0.05) is 36.4 Å². The van der Waals surface area contributed by atoms with Crippen LogP contribution in [0.4, 0.5) is 4.39 Å². The van der Waals surface area contributed by atoms with Gasteiger partial charge < -0.3 is 5.73 Å². The van der Waals surface area contributed by atoms with Crippen LogP contribution in [0.15, 0.2) is 89.1 Å². The summed E-state index contributed by atoms with van der Waals surface area (Å²) >= 11 is 0. The average molecular weight is 491 g/mol. The van der Waals surface area contributed by atoms with Crippen LogP contribution in [0.1, 0.15) is 5.56 Å². The van der Waals surface area contributed by atoms with Crippen LogP contribution < -0.4 is 16.4 Å². The van der Waals surface area contributed by atoms with E-state index in [2.05, 4.69) is 9.97 Å². The SMILES string of the molecule is NCc1cccc(-n2cnc3ncn(-c4ccc(-c5ccccc5S(N)(=O)=O)cc4F)c(=O)c32)c1. The highest BCUT2D eigenvalue weighted by atomic mass is 32.2. The van der Waals surface area contributed by atoms with Crippen LogP contribution in [0.3, 0.4) is 0 Å². The highest BCUT2D eigenvalue weighted by molar-refractivity contribution is 7.89. The van der Waals surface area contributed by atoms with Gasteiger partial charge in [0.15, 0.2) is 11.2 Å². The monoisotopic (exact) mass is 490 g/mol. The van der Waals surface area contributed by atoms with Gasteiger partial charge in [-0.05, 0) is 41.5 Å². The molecule has 5 rings (SSSR count). The molecule has 0 aliphatic rings. The summed E-state index contributed by atoms with van der Waals surface area (Å²) in [7, 11) is -4.02. The van der Waals surface area contributed by atoms with Gasteiger partial charge in [0.1, 0.15) is 18.5 Å². The molecular weight excluding hydrogens is 471 g/mol. The molecule has 0 spiro atoms. The number of nitrogens with two attached hydrogens (primary N) is 2. The van der Waals surface area contributed by atoms with E-state index in [1.807, 2.05) is 18.2 Å². The minimum atomic E-state index is -4.02. The molecule has 0 aliphatic heterocycles. The van der Waals surface area contributed by atoms with Gasteiger partial charge in [0.25, 0.3) is 5.56 Å². The van der Waals surface area contributed by atoms with Gasteiger partial charge in [0.2, 0.25) is 10.0 Å². The predicted molar refractivity (Wildman–Crippen MR) is 129 cm³/mol. The zero-order valence-electron chi connectivity index (χ0n) is 18.2. The van der Waals surface area contributed by atoms with E-state index in [9.17, 15) is 13.2 Å². The summed E-state index contributed by atoms with van der Waals surface area (Å²) in [5, 5.41) is 5.31. The van der Waals surface area contributed by atoms with Crippen LogP contribution in [0, 0.1) is 5.82 Å². The van der Waals surface area contributed by atoms with Crippen molar-refractivity contribution in [2.75, 3.05) is 0 Å². The molecule has 0 atom stereocenters. The van der Waals surface area contributed by atoms with Crippen LogP contribution in [0.5, 0.6) is 0 Å². The van der Waals surface area contributed by atoms with E-state index >= 15 is 4.39 Å². The quantitative estimate of drug-likeness (QED) is 0.388. The lowest BCUT2D eigenvalue weighted by Gasteiger charge is -2.12. The average Bonchev–Trinajstić information content (AvgIpc) is 3.29. The van der Waals surface area contributed by atoms with Crippen molar-refractivity contribution in [1.82, 2.24) is 19.1 Å². The van der Waals surface area contributed by atoms with E-state index in [-0.39, 0.29) is 27.3 Å². The Morgan fingerprint density at radius 2 is 1.66 bits per heavy atom. The fourth-order valence-electron chi connectivity index (χ4n) is 3.93. The van der Waals surface area contributed by atoms with Gasteiger partial charge in [-0.15, -0.1) is 0 Å². The number of sulfonamides is 1. The highest BCUT2D eigenvalue weighted by Crippen LogP contribution is 2.28. The van der Waals surface area contributed by atoms with Gasteiger partial charge in [0.05, 0.1) is 10.6 Å². The number of benzene rings is 3. The first-order valence-corrected chi connectivity index (χ1v) is 12.0. The summed E-state index contributed by atoms with van der Waals surface area (Å²) in [5.41, 5.74) is 7.62. The van der Waals surface area contributed by atoms with Crippen molar-refractivity contribution in [1.29, 1.82) is 0 Å². The Labute approximate surface area is 199 Å². The first-order valence-electron chi connectivity index (χ1n) is 10.4. The predicted octanol–water partition coefficient (Wildman–Crippen LogP) is 2.48. The molecule has 5 aromatic rings. The smallest absolute Gasteiger partial charge is 0.284 e. The lowest BCUT2D eigenvalue weighted by Crippen LogP contribution is -2.21. The minimum absolute atomic E-state index is 0.0512. The lowest BCUT2D eigenvalue weighted by atomic mass is 10.0. The second-order valence-corrected chi connectivity index (χ2v) is 9.32. The number of rotatable bonds is 5. The third-order valence-corrected chi connectivity index (χ3v) is 6.57. The molecule has 0 saturated carbocycles. The molecule has 0 fully saturated rings. The van der Waals surface area contributed by atoms with Crippen molar-refractivity contribution in [2.45, 2.75) is 11.4 Å². The van der Waals surface area contributed by atoms with Gasteiger partial charge in [-0.25, -0.2) is 27.9 Å². The molecule has 0 saturated heterocycles. The Morgan fingerprint density at radius 3 is 2.37 bits per heavy atom. The van der Waals surface area contributed by atoms with Gasteiger partial charge in [-0.3, -0.25) is 13.9 Å². The maximum absolute atomic E-state index is 15.3. The van der Waals surface area contributed by atoms with E-state index in [0.717, 1.165) is 16.2 Å². The summed E-state index contributed by atoms with van der Waals surface area (Å²) in [6.45, 7) is 0.328. The van der Waals surface area contributed by atoms with Crippen LogP contribution in [0.2, 0.25) is 0 Å². The number of hydrogen-bond donors (Lipinski definition) is 2. The van der Waals surface area contributed by atoms with E-state index < -0.39 is 21.4 Å². The van der Waals surface area contributed by atoms with Gasteiger partial charge >= 0.3 is 0 Å². The number of halogens is 1. The maximum atomic E-state index is 15.3. The number of nitrogens with zero attached hydrogens (tertiary/aromatic N) is 4. The molecule has 0 bridgehead atoms. The first kappa shape index (κ1) is 22.6. The zero-order valence-corrected chi connectivity index (χ0v) is 19.0. The Kier molecular flexibility index (Phi) is 5.52. The molecular formula is C24H19FN6O3S. The van der Waals surface area contributed by atoms with Crippen molar-refractivity contribution >= 4 is 21.2 Å². The first-order chi connectivity index (χ1) is 16.8. The van der Waals surface area contributed by atoms with Crippen LogP contribution in [-0.4, -0.2) is 27.5 Å². The fourth-order valence-corrected chi connectivity index (χ4v) is 4.70. The van der Waals surface area contributed by atoms with E-state index in [1.165, 1.54) is 43.0 Å². The second-order valence-electron chi connectivity index (χ2n) is 7.79. The number of hydrogen-bond acceptors (Lipinski definition) is 6. The molecule has 0 aliphatic carbocycles. The van der Waals surface area contributed by atoms with Crippen molar-refractivity contribution < 1.29 is 12.8 Å². The summed E-state index contributed by atoms with van der Waals surface area (Å²) in [6, 6.07) is 17.4. The molecule has 2 heterocycles. The van der Waals surface area contributed by atoms with E-state index in [1.54, 1.807) is 16.7 Å². The molecule has 9 nitrogen and oxygen atoms in total. The highest BCUT2D eigenvalue weighted by Gasteiger charge is 2.18. The number of primary sulfonamides is 1. The molecule has 0 radical (unpaired) electrons. The van der Waals surface area contributed by atoms with Crippen LogP contribution >= 0.6 is 0 Å². The maximum Gasteiger partial charge on any atom is 0.284 e. The van der Waals surface area contributed by atoms with Gasteiger partial charge in [-0.2, -0.15) is 0 Å². The zero-order chi connectivity index (χ0) is 24.7. The van der Waals surface area contributed by atoms with E-state index in [4.69, 9.17) is 10.9 Å². The Balaban J connectivity index is 1.64. The third-order valence-electron chi connectivity index (χ3n) is 5.60. The summed E-state index contributed by atoms with van der Waals surface area (Å²) in [4.78, 5) is 21.7. The van der Waals surface area contributed by atoms with Gasteiger partial charge in [0, 0.05) is 17.8 Å². The standard InChI is InChI=1S/C24H19FN6O3S/c25-19-11-16(18-6-1-2-7-21(18)35(27,33)34)8-9-20(19)31-14-29-23-22(24(31)32)30(13-28-23)17-5-3-4-15(10-17)12-26/h1-11,13-14H,12,26H2,(H2,27,33,34). The van der Waals surface area contributed by atoms with Crippen LogP contribution in [-0.2, 0) is 16.6 Å². The van der Waals surface area contributed by atoms with E-state index in [0.29, 0.717) is 17.8 Å². The molecule has 11 heteroatoms. The molecule has 0 amide bonds. The van der Waals surface area contributed by atoms with Crippen molar-refractivity contribution in [3.63, 3.8) is 0 Å². The largest absolute Gasteiger partial charge is 0.326 e. The van der Waals surface area contributed by atoms with Crippen molar-refractivity contribution in [2.24, 2.45) is 10.9 Å². The van der Waals surface area contributed by atoms with Crippen molar-refractivity contribution in [3.05, 3.63) is 101 Å². The third kappa shape index (κ3) is 4.01. The fraction of sp³-hybridized carbons (Fsp3) is 0.0417. The Morgan fingerprint density at radius 1 is 0.914 bits per heavy atom. The van der Waals surface area contributed by atoms with Crippen LogP contribution in [0.25, 0.3) is 33.7 Å². The topological polar surface area (TPSA) is 139 Å². The minimum Gasteiger partial charge on any atom is -0.326 e.